The molecule has 4 aromatic rings. The summed E-state index contributed by atoms with van der Waals surface area (Å²) in [5.74, 6) is -1.92. The lowest BCUT2D eigenvalue weighted by Crippen LogP contribution is -2.66. The predicted octanol–water partition coefficient (Wildman–Crippen LogP) is 5.62. The maximum absolute atomic E-state index is 13.7. The van der Waals surface area contributed by atoms with Gasteiger partial charge in [0.2, 0.25) is 10.0 Å². The van der Waals surface area contributed by atoms with E-state index in [1.807, 2.05) is 36.4 Å². The zero-order valence-electron chi connectivity index (χ0n) is 19.3. The van der Waals surface area contributed by atoms with E-state index in [9.17, 15) is 17.2 Å². The van der Waals surface area contributed by atoms with Gasteiger partial charge in [-0.3, -0.25) is 9.88 Å². The standard InChI is InChI=1S/C27H21Cl2F2N3O2S/c28-21-7-3-18(4-8-21)27(20-2-1-11-32-15-20,19-5-9-22(29)10-6-19)34-16-25(17-34)33-37(35,36)26-13-23(30)12-24(31)14-26/h1-15,25,33H,16-17H2. The van der Waals surface area contributed by atoms with Gasteiger partial charge in [0.25, 0.3) is 0 Å². The number of nitrogens with one attached hydrogen (secondary N) is 1. The molecule has 1 saturated heterocycles. The molecule has 0 saturated carbocycles. The fraction of sp³-hybridized carbons (Fsp3) is 0.148. The average molecular weight is 560 g/mol. The first-order valence-electron chi connectivity index (χ1n) is 11.3. The Bertz CT molecular complexity index is 1450. The Morgan fingerprint density at radius 1 is 0.838 bits per heavy atom. The van der Waals surface area contributed by atoms with Gasteiger partial charge >= 0.3 is 0 Å². The van der Waals surface area contributed by atoms with E-state index in [2.05, 4.69) is 14.6 Å². The lowest BCUT2D eigenvalue weighted by Gasteiger charge is -2.53. The molecule has 1 N–H and O–H groups in total. The second-order valence-electron chi connectivity index (χ2n) is 8.79. The summed E-state index contributed by atoms with van der Waals surface area (Å²) in [6.45, 7) is 0.633. The van der Waals surface area contributed by atoms with E-state index >= 15 is 0 Å². The van der Waals surface area contributed by atoms with Gasteiger partial charge in [0.15, 0.2) is 0 Å². The van der Waals surface area contributed by atoms with Crippen molar-refractivity contribution in [1.29, 1.82) is 0 Å². The molecule has 0 amide bonds. The van der Waals surface area contributed by atoms with Crippen molar-refractivity contribution < 1.29 is 17.2 Å². The van der Waals surface area contributed by atoms with E-state index < -0.39 is 38.1 Å². The highest BCUT2D eigenvalue weighted by Gasteiger charge is 2.48. The minimum absolute atomic E-state index is 0.317. The van der Waals surface area contributed by atoms with Crippen LogP contribution >= 0.6 is 23.2 Å². The third-order valence-corrected chi connectivity index (χ3v) is 8.43. The van der Waals surface area contributed by atoms with Crippen molar-refractivity contribution in [2.24, 2.45) is 0 Å². The summed E-state index contributed by atoms with van der Waals surface area (Å²) < 4.78 is 55.7. The van der Waals surface area contributed by atoms with Crippen LogP contribution in [0.2, 0.25) is 10.0 Å². The molecular formula is C27H21Cl2F2N3O2S. The molecule has 3 aromatic carbocycles. The highest BCUT2D eigenvalue weighted by atomic mass is 35.5. The molecule has 0 bridgehead atoms. The molecule has 0 radical (unpaired) electrons. The lowest BCUT2D eigenvalue weighted by atomic mass is 9.74. The third-order valence-electron chi connectivity index (χ3n) is 6.43. The first kappa shape index (κ1) is 25.8. The fourth-order valence-electron chi connectivity index (χ4n) is 4.80. The number of nitrogens with zero attached hydrogens (tertiary/aromatic N) is 2. The zero-order chi connectivity index (χ0) is 26.2. The van der Waals surface area contributed by atoms with Crippen LogP contribution in [0.1, 0.15) is 16.7 Å². The second kappa shape index (κ2) is 10.1. The van der Waals surface area contributed by atoms with E-state index in [4.69, 9.17) is 23.2 Å². The Morgan fingerprint density at radius 3 is 1.86 bits per heavy atom. The Kier molecular flexibility index (Phi) is 7.04. The number of benzene rings is 3. The maximum Gasteiger partial charge on any atom is 0.241 e. The first-order chi connectivity index (χ1) is 17.7. The maximum atomic E-state index is 13.7. The number of hydrogen-bond donors (Lipinski definition) is 1. The van der Waals surface area contributed by atoms with Crippen LogP contribution in [0.3, 0.4) is 0 Å². The van der Waals surface area contributed by atoms with Crippen LogP contribution in [0.15, 0.2) is 96.2 Å². The monoisotopic (exact) mass is 559 g/mol. The van der Waals surface area contributed by atoms with Crippen molar-refractivity contribution in [1.82, 2.24) is 14.6 Å². The Morgan fingerprint density at radius 2 is 1.38 bits per heavy atom. The zero-order valence-corrected chi connectivity index (χ0v) is 21.6. The molecule has 1 fully saturated rings. The van der Waals surface area contributed by atoms with Crippen LogP contribution < -0.4 is 4.72 Å². The van der Waals surface area contributed by atoms with Crippen LogP contribution in [0.5, 0.6) is 0 Å². The lowest BCUT2D eigenvalue weighted by molar-refractivity contribution is 0.0563. The van der Waals surface area contributed by atoms with Crippen LogP contribution in [0.4, 0.5) is 8.78 Å². The molecule has 10 heteroatoms. The molecule has 0 spiro atoms. The number of likely N-dealkylation sites (tertiary alicyclic amines) is 1. The van der Waals surface area contributed by atoms with Gasteiger partial charge in [0.05, 0.1) is 10.4 Å². The van der Waals surface area contributed by atoms with Gasteiger partial charge in [-0.05, 0) is 59.2 Å². The van der Waals surface area contributed by atoms with E-state index in [-0.39, 0.29) is 0 Å². The van der Waals surface area contributed by atoms with Crippen molar-refractivity contribution in [3.05, 3.63) is 130 Å². The summed E-state index contributed by atoms with van der Waals surface area (Å²) in [5.41, 5.74) is 1.84. The van der Waals surface area contributed by atoms with E-state index in [1.165, 1.54) is 0 Å². The highest BCUT2D eigenvalue weighted by Crippen LogP contribution is 2.45. The summed E-state index contributed by atoms with van der Waals surface area (Å²) in [4.78, 5) is 6.01. The van der Waals surface area contributed by atoms with Gasteiger partial charge in [-0.25, -0.2) is 21.9 Å². The number of sulfonamides is 1. The smallest absolute Gasteiger partial charge is 0.241 e. The minimum Gasteiger partial charge on any atom is -0.283 e. The number of halogens is 4. The Labute approximate surface area is 223 Å². The predicted molar refractivity (Wildman–Crippen MR) is 139 cm³/mol. The van der Waals surface area contributed by atoms with Crippen molar-refractivity contribution >= 4 is 33.2 Å². The fourth-order valence-corrected chi connectivity index (χ4v) is 6.32. The van der Waals surface area contributed by atoms with Gasteiger partial charge in [-0.1, -0.05) is 53.5 Å². The normalized spacial score (nSPS) is 14.9. The van der Waals surface area contributed by atoms with E-state index in [0.717, 1.165) is 28.8 Å². The first-order valence-corrected chi connectivity index (χ1v) is 13.6. The molecule has 37 heavy (non-hydrogen) atoms. The third kappa shape index (κ3) is 5.00. The molecular weight excluding hydrogens is 539 g/mol. The van der Waals surface area contributed by atoms with Crippen molar-refractivity contribution in [2.75, 3.05) is 13.1 Å². The highest BCUT2D eigenvalue weighted by molar-refractivity contribution is 7.89. The number of pyridine rings is 1. The van der Waals surface area contributed by atoms with E-state index in [0.29, 0.717) is 29.2 Å². The minimum atomic E-state index is -4.14. The largest absolute Gasteiger partial charge is 0.283 e. The summed E-state index contributed by atoms with van der Waals surface area (Å²) in [6, 6.07) is 20.4. The van der Waals surface area contributed by atoms with Crippen molar-refractivity contribution in [2.45, 2.75) is 16.5 Å². The molecule has 2 heterocycles. The Hall–Kier alpha value is -2.88. The quantitative estimate of drug-likeness (QED) is 0.319. The molecule has 1 aliphatic rings. The van der Waals surface area contributed by atoms with Gasteiger partial charge in [0.1, 0.15) is 11.6 Å². The molecule has 190 valence electrons. The Balaban J connectivity index is 1.54. The van der Waals surface area contributed by atoms with Crippen molar-refractivity contribution in [3.8, 4) is 0 Å². The summed E-state index contributed by atoms with van der Waals surface area (Å²) in [5, 5.41) is 1.16. The molecule has 5 rings (SSSR count). The summed E-state index contributed by atoms with van der Waals surface area (Å²) >= 11 is 12.4. The van der Waals surface area contributed by atoms with Gasteiger partial charge in [-0.15, -0.1) is 0 Å². The number of rotatable bonds is 7. The second-order valence-corrected chi connectivity index (χ2v) is 11.4. The van der Waals surface area contributed by atoms with Crippen LogP contribution in [-0.2, 0) is 15.6 Å². The average Bonchev–Trinajstić information content (AvgIpc) is 2.85. The van der Waals surface area contributed by atoms with E-state index in [1.54, 1.807) is 36.7 Å². The number of aromatic nitrogens is 1. The molecule has 0 aliphatic carbocycles. The number of hydrogen-bond acceptors (Lipinski definition) is 4. The SMILES string of the molecule is O=S(=O)(NC1CN(C(c2ccc(Cl)cc2)(c2ccc(Cl)cc2)c2cccnc2)C1)c1cc(F)cc(F)c1. The van der Waals surface area contributed by atoms with Crippen LogP contribution in [0.25, 0.3) is 0 Å². The van der Waals surface area contributed by atoms with Gasteiger partial charge in [-0.2, -0.15) is 0 Å². The molecule has 5 nitrogen and oxygen atoms in total. The molecule has 1 aromatic heterocycles. The summed E-state index contributed by atoms with van der Waals surface area (Å²) in [6.07, 6.45) is 3.46. The topological polar surface area (TPSA) is 62.3 Å². The molecule has 0 unspecified atom stereocenters. The molecule has 1 aliphatic heterocycles. The summed E-state index contributed by atoms with van der Waals surface area (Å²) in [7, 11) is -4.14. The van der Waals surface area contributed by atoms with Gasteiger partial charge < -0.3 is 0 Å². The van der Waals surface area contributed by atoms with Gasteiger partial charge in [0, 0.05) is 47.6 Å². The van der Waals surface area contributed by atoms with Crippen LogP contribution in [0, 0.1) is 11.6 Å². The van der Waals surface area contributed by atoms with Crippen LogP contribution in [-0.4, -0.2) is 37.4 Å². The molecule has 0 atom stereocenters. The van der Waals surface area contributed by atoms with Crippen molar-refractivity contribution in [3.63, 3.8) is 0 Å².